The number of carbonyl (C=O) groups is 1. The van der Waals surface area contributed by atoms with Crippen molar-refractivity contribution in [3.05, 3.63) is 59.7 Å². The maximum atomic E-state index is 12.3. The number of carbonyl (C=O) groups excluding carboxylic acids is 1. The number of nitriles is 1. The Morgan fingerprint density at radius 1 is 1.13 bits per heavy atom. The predicted octanol–water partition coefficient (Wildman–Crippen LogP) is 3.23. The molecule has 1 atom stereocenters. The quantitative estimate of drug-likeness (QED) is 0.697. The monoisotopic (exact) mass is 432 g/mol. The van der Waals surface area contributed by atoms with E-state index < -0.39 is 27.9 Å². The van der Waals surface area contributed by atoms with E-state index in [1.54, 1.807) is 20.8 Å². The molecule has 0 radical (unpaired) electrons. The van der Waals surface area contributed by atoms with Crippen LogP contribution in [-0.4, -0.2) is 43.7 Å². The molecule has 1 N–H and O–H groups in total. The van der Waals surface area contributed by atoms with E-state index in [0.717, 1.165) is 0 Å². The van der Waals surface area contributed by atoms with Gasteiger partial charge in [-0.1, -0.05) is 12.1 Å². The highest BCUT2D eigenvalue weighted by atomic mass is 32.2. The summed E-state index contributed by atoms with van der Waals surface area (Å²) in [4.78, 5) is 13.2. The van der Waals surface area contributed by atoms with Crippen LogP contribution in [0, 0.1) is 11.3 Å². The molecule has 1 amide bonds. The molecule has 9 heteroatoms. The fourth-order valence-corrected chi connectivity index (χ4v) is 3.33. The van der Waals surface area contributed by atoms with Crippen LogP contribution < -0.4 is 4.18 Å². The second-order valence-electron chi connectivity index (χ2n) is 7.62. The highest BCUT2D eigenvalue weighted by molar-refractivity contribution is 7.87. The van der Waals surface area contributed by atoms with E-state index in [0.29, 0.717) is 11.1 Å². The molecule has 2 aromatic carbocycles. The lowest BCUT2D eigenvalue weighted by atomic mass is 10.1. The van der Waals surface area contributed by atoms with Crippen LogP contribution in [0.2, 0.25) is 0 Å². The van der Waals surface area contributed by atoms with Crippen LogP contribution in [0.5, 0.6) is 5.75 Å². The molecular weight excluding hydrogens is 408 g/mol. The highest BCUT2D eigenvalue weighted by Crippen LogP contribution is 2.22. The van der Waals surface area contributed by atoms with Crippen molar-refractivity contribution in [2.45, 2.75) is 37.4 Å². The third kappa shape index (κ3) is 6.47. The summed E-state index contributed by atoms with van der Waals surface area (Å²) < 4.78 is 35.0. The summed E-state index contributed by atoms with van der Waals surface area (Å²) in [5.41, 5.74) is 0.174. The Bertz CT molecular complexity index is 1020. The molecule has 0 spiro atoms. The van der Waals surface area contributed by atoms with Crippen molar-refractivity contribution in [1.82, 2.24) is 4.90 Å². The molecule has 0 bridgehead atoms. The first kappa shape index (κ1) is 23.2. The van der Waals surface area contributed by atoms with Gasteiger partial charge in [0.25, 0.3) is 0 Å². The van der Waals surface area contributed by atoms with Gasteiger partial charge in [-0.3, -0.25) is 0 Å². The Morgan fingerprint density at radius 2 is 1.70 bits per heavy atom. The van der Waals surface area contributed by atoms with Crippen molar-refractivity contribution in [3.63, 3.8) is 0 Å². The molecule has 0 aliphatic rings. The highest BCUT2D eigenvalue weighted by Gasteiger charge is 2.22. The number of nitrogens with zero attached hydrogens (tertiary/aromatic N) is 2. The van der Waals surface area contributed by atoms with Gasteiger partial charge in [0.15, 0.2) is 0 Å². The second kappa shape index (κ2) is 9.15. The van der Waals surface area contributed by atoms with Gasteiger partial charge in [-0.15, -0.1) is 0 Å². The van der Waals surface area contributed by atoms with Crippen LogP contribution >= 0.6 is 0 Å². The van der Waals surface area contributed by atoms with Crippen molar-refractivity contribution >= 4 is 16.2 Å². The lowest BCUT2D eigenvalue weighted by Crippen LogP contribution is -2.36. The van der Waals surface area contributed by atoms with E-state index in [1.807, 2.05) is 6.07 Å². The Labute approximate surface area is 176 Å². The van der Waals surface area contributed by atoms with Crippen molar-refractivity contribution in [2.24, 2.45) is 0 Å². The van der Waals surface area contributed by atoms with E-state index in [-0.39, 0.29) is 17.2 Å². The van der Waals surface area contributed by atoms with Gasteiger partial charge < -0.3 is 18.9 Å². The lowest BCUT2D eigenvalue weighted by molar-refractivity contribution is 0.0205. The zero-order chi connectivity index (χ0) is 22.5. The Hall–Kier alpha value is -3.09. The molecule has 0 fully saturated rings. The normalized spacial score (nSPS) is 12.5. The first-order chi connectivity index (χ1) is 13.9. The Morgan fingerprint density at radius 3 is 2.20 bits per heavy atom. The van der Waals surface area contributed by atoms with E-state index in [1.165, 1.54) is 60.5 Å². The van der Waals surface area contributed by atoms with Gasteiger partial charge in [-0.2, -0.15) is 13.7 Å². The maximum Gasteiger partial charge on any atom is 0.410 e. The molecule has 2 aromatic rings. The number of aliphatic hydroxyl groups excluding tert-OH is 1. The summed E-state index contributed by atoms with van der Waals surface area (Å²) in [6, 6.07) is 13.1. The number of likely N-dealkylation sites (N-methyl/N-ethyl adjacent to an activating group) is 1. The van der Waals surface area contributed by atoms with Gasteiger partial charge in [-0.25, -0.2) is 4.79 Å². The first-order valence-electron chi connectivity index (χ1n) is 9.08. The van der Waals surface area contributed by atoms with E-state index >= 15 is 0 Å². The third-order valence-electron chi connectivity index (χ3n) is 3.89. The fraction of sp³-hybridized carbons (Fsp3) is 0.333. The van der Waals surface area contributed by atoms with Crippen LogP contribution in [0.15, 0.2) is 53.4 Å². The third-order valence-corrected chi connectivity index (χ3v) is 5.16. The minimum atomic E-state index is -4.06. The number of hydrogen-bond donors (Lipinski definition) is 1. The van der Waals surface area contributed by atoms with Gasteiger partial charge in [0.2, 0.25) is 0 Å². The standard InChI is InChI=1S/C21H24N2O6S/c1-21(2,3)28-20(25)23(4)14-19(24)16-7-9-17(10-8-16)29-30(26,27)18-11-5-15(13-22)6-12-18/h5-12,19,24H,14H2,1-4H3. The van der Waals surface area contributed by atoms with Crippen molar-refractivity contribution < 1.29 is 27.2 Å². The number of ether oxygens (including phenoxy) is 1. The molecule has 30 heavy (non-hydrogen) atoms. The van der Waals surface area contributed by atoms with Crippen LogP contribution in [0.25, 0.3) is 0 Å². The second-order valence-corrected chi connectivity index (χ2v) is 9.17. The van der Waals surface area contributed by atoms with Gasteiger partial charge >= 0.3 is 16.2 Å². The zero-order valence-corrected chi connectivity index (χ0v) is 18.0. The predicted molar refractivity (Wildman–Crippen MR) is 109 cm³/mol. The summed E-state index contributed by atoms with van der Waals surface area (Å²) in [5, 5.41) is 19.1. The lowest BCUT2D eigenvalue weighted by Gasteiger charge is -2.26. The molecule has 2 rings (SSSR count). The van der Waals surface area contributed by atoms with Crippen molar-refractivity contribution in [2.75, 3.05) is 13.6 Å². The molecular formula is C21H24N2O6S. The molecule has 0 saturated heterocycles. The van der Waals surface area contributed by atoms with Crippen molar-refractivity contribution in [1.29, 1.82) is 5.26 Å². The summed E-state index contributed by atoms with van der Waals surface area (Å²) in [6.07, 6.45) is -1.55. The van der Waals surface area contributed by atoms with E-state index in [4.69, 9.17) is 14.2 Å². The zero-order valence-electron chi connectivity index (χ0n) is 17.2. The molecule has 0 aliphatic heterocycles. The molecule has 0 aliphatic carbocycles. The Balaban J connectivity index is 2.03. The van der Waals surface area contributed by atoms with Crippen LogP contribution in [0.3, 0.4) is 0 Å². The van der Waals surface area contributed by atoms with Gasteiger partial charge in [0.1, 0.15) is 16.2 Å². The average Bonchev–Trinajstić information content (AvgIpc) is 2.67. The summed E-state index contributed by atoms with van der Waals surface area (Å²) in [7, 11) is -2.55. The number of benzene rings is 2. The molecule has 8 nitrogen and oxygen atoms in total. The number of aliphatic hydroxyl groups is 1. The Kier molecular flexibility index (Phi) is 7.08. The minimum absolute atomic E-state index is 0.00133. The summed E-state index contributed by atoms with van der Waals surface area (Å²) in [5.74, 6) is 0.0656. The van der Waals surface area contributed by atoms with Crippen LogP contribution in [-0.2, 0) is 14.9 Å². The largest absolute Gasteiger partial charge is 0.444 e. The van der Waals surface area contributed by atoms with E-state index in [9.17, 15) is 18.3 Å². The molecule has 0 heterocycles. The molecule has 0 saturated carbocycles. The topological polar surface area (TPSA) is 117 Å². The number of amides is 1. The number of rotatable bonds is 6. The smallest absolute Gasteiger partial charge is 0.410 e. The minimum Gasteiger partial charge on any atom is -0.444 e. The van der Waals surface area contributed by atoms with Gasteiger partial charge in [0, 0.05) is 7.05 Å². The number of hydrogen-bond acceptors (Lipinski definition) is 7. The van der Waals surface area contributed by atoms with Crippen LogP contribution in [0.1, 0.15) is 38.0 Å². The summed E-state index contributed by atoms with van der Waals surface area (Å²) >= 11 is 0. The molecule has 160 valence electrons. The van der Waals surface area contributed by atoms with Crippen molar-refractivity contribution in [3.8, 4) is 11.8 Å². The van der Waals surface area contributed by atoms with Gasteiger partial charge in [0.05, 0.1) is 24.3 Å². The fourth-order valence-electron chi connectivity index (χ4n) is 2.40. The molecule has 1 unspecified atom stereocenters. The molecule has 0 aromatic heterocycles. The van der Waals surface area contributed by atoms with E-state index in [2.05, 4.69) is 0 Å². The average molecular weight is 432 g/mol. The van der Waals surface area contributed by atoms with Gasteiger partial charge in [-0.05, 0) is 62.7 Å². The maximum absolute atomic E-state index is 12.3. The van der Waals surface area contributed by atoms with Crippen LogP contribution in [0.4, 0.5) is 4.79 Å². The summed E-state index contributed by atoms with van der Waals surface area (Å²) in [6.45, 7) is 5.25. The SMILES string of the molecule is CN(CC(O)c1ccc(OS(=O)(=O)c2ccc(C#N)cc2)cc1)C(=O)OC(C)(C)C. The first-order valence-corrected chi connectivity index (χ1v) is 10.5.